The lowest BCUT2D eigenvalue weighted by atomic mass is 10.0. The minimum absolute atomic E-state index is 0.160. The van der Waals surface area contributed by atoms with Crippen molar-refractivity contribution in [3.05, 3.63) is 65.2 Å². The van der Waals surface area contributed by atoms with Crippen LogP contribution in [0.5, 0.6) is 0 Å². The molecule has 102 valence electrons. The minimum atomic E-state index is -1.50. The van der Waals surface area contributed by atoms with Crippen LogP contribution in [0.2, 0.25) is 0 Å². The first kappa shape index (κ1) is 12.6. The van der Waals surface area contributed by atoms with Gasteiger partial charge in [-0.1, -0.05) is 12.1 Å². The molecule has 1 heterocycles. The Bertz CT molecular complexity index is 694. The van der Waals surface area contributed by atoms with Gasteiger partial charge in [-0.3, -0.25) is 5.73 Å². The van der Waals surface area contributed by atoms with Crippen molar-refractivity contribution in [1.82, 2.24) is 0 Å². The summed E-state index contributed by atoms with van der Waals surface area (Å²) in [6.45, 7) is 0. The fourth-order valence-corrected chi connectivity index (χ4v) is 2.21. The molecule has 0 amide bonds. The molecule has 0 aliphatic carbocycles. The van der Waals surface area contributed by atoms with Gasteiger partial charge in [-0.25, -0.2) is 13.8 Å². The van der Waals surface area contributed by atoms with Crippen molar-refractivity contribution in [1.29, 1.82) is 0 Å². The van der Waals surface area contributed by atoms with Gasteiger partial charge in [-0.2, -0.15) is 0 Å². The van der Waals surface area contributed by atoms with Gasteiger partial charge in [0.05, 0.1) is 0 Å². The molecule has 2 aromatic rings. The molecule has 2 aromatic carbocycles. The van der Waals surface area contributed by atoms with E-state index in [1.807, 2.05) is 6.07 Å². The van der Waals surface area contributed by atoms with Crippen LogP contribution in [0.4, 0.5) is 14.5 Å². The van der Waals surface area contributed by atoms with Crippen molar-refractivity contribution in [2.75, 3.05) is 5.32 Å². The van der Waals surface area contributed by atoms with Gasteiger partial charge in [0.1, 0.15) is 17.5 Å². The summed E-state index contributed by atoms with van der Waals surface area (Å²) >= 11 is 0. The van der Waals surface area contributed by atoms with Crippen molar-refractivity contribution < 1.29 is 8.78 Å². The molecule has 0 radical (unpaired) electrons. The second-order valence-electron chi connectivity index (χ2n) is 4.59. The SMILES string of the molecule is NC1=NC(N)(c2cc(F)cc(F)c2)Nc2ccccc21. The van der Waals surface area contributed by atoms with Crippen LogP contribution in [-0.4, -0.2) is 5.84 Å². The van der Waals surface area contributed by atoms with Gasteiger partial charge in [0.2, 0.25) is 5.79 Å². The molecule has 4 nitrogen and oxygen atoms in total. The number of nitrogens with one attached hydrogen (secondary N) is 1. The number of fused-ring (bicyclic) bond motifs is 1. The number of aliphatic imine (C=N–C) groups is 1. The number of nitrogens with two attached hydrogens (primary N) is 2. The average molecular weight is 274 g/mol. The molecular formula is C14H12F2N4. The predicted molar refractivity (Wildman–Crippen MR) is 73.0 cm³/mol. The van der Waals surface area contributed by atoms with Gasteiger partial charge in [-0.15, -0.1) is 0 Å². The van der Waals surface area contributed by atoms with Gasteiger partial charge in [0, 0.05) is 22.9 Å². The number of benzene rings is 2. The van der Waals surface area contributed by atoms with Gasteiger partial charge in [0.25, 0.3) is 0 Å². The molecule has 1 aliphatic heterocycles. The van der Waals surface area contributed by atoms with Crippen molar-refractivity contribution in [3.63, 3.8) is 0 Å². The number of para-hydroxylation sites is 1. The molecule has 0 bridgehead atoms. The Balaban J connectivity index is 2.13. The van der Waals surface area contributed by atoms with Crippen molar-refractivity contribution in [3.8, 4) is 0 Å². The molecule has 1 unspecified atom stereocenters. The van der Waals surface area contributed by atoms with E-state index in [0.29, 0.717) is 11.3 Å². The molecule has 1 atom stereocenters. The standard InChI is InChI=1S/C14H12F2N4/c15-9-5-8(6-10(16)7-9)14(18)19-12-4-2-1-3-11(12)13(17)20-14/h1-7,19H,18H2,(H2,17,20). The first-order valence-corrected chi connectivity index (χ1v) is 5.96. The van der Waals surface area contributed by atoms with Crippen LogP contribution in [0.15, 0.2) is 47.5 Å². The van der Waals surface area contributed by atoms with E-state index in [0.717, 1.165) is 18.2 Å². The molecule has 0 fully saturated rings. The second kappa shape index (κ2) is 4.28. The van der Waals surface area contributed by atoms with Gasteiger partial charge in [0.15, 0.2) is 0 Å². The van der Waals surface area contributed by atoms with Crippen molar-refractivity contribution in [2.45, 2.75) is 5.79 Å². The Morgan fingerprint density at radius 3 is 2.40 bits per heavy atom. The molecular weight excluding hydrogens is 262 g/mol. The quantitative estimate of drug-likeness (QED) is 0.743. The summed E-state index contributed by atoms with van der Waals surface area (Å²) in [4.78, 5) is 4.14. The van der Waals surface area contributed by atoms with E-state index in [-0.39, 0.29) is 11.4 Å². The zero-order valence-electron chi connectivity index (χ0n) is 10.4. The normalized spacial score (nSPS) is 20.9. The number of hydrogen-bond donors (Lipinski definition) is 3. The Hall–Kier alpha value is -2.47. The summed E-state index contributed by atoms with van der Waals surface area (Å²) in [6, 6.07) is 10.2. The maximum absolute atomic E-state index is 13.3. The van der Waals surface area contributed by atoms with E-state index in [9.17, 15) is 8.78 Å². The van der Waals surface area contributed by atoms with Crippen LogP contribution < -0.4 is 16.8 Å². The van der Waals surface area contributed by atoms with Gasteiger partial charge in [-0.05, 0) is 24.3 Å². The predicted octanol–water partition coefficient (Wildman–Crippen LogP) is 1.86. The monoisotopic (exact) mass is 274 g/mol. The lowest BCUT2D eigenvalue weighted by Crippen LogP contribution is -2.47. The lowest BCUT2D eigenvalue weighted by Gasteiger charge is -2.33. The third kappa shape index (κ3) is 2.00. The Kier molecular flexibility index (Phi) is 2.69. The Morgan fingerprint density at radius 1 is 1.05 bits per heavy atom. The van der Waals surface area contributed by atoms with Crippen LogP contribution in [-0.2, 0) is 5.79 Å². The fraction of sp³-hybridized carbons (Fsp3) is 0.0714. The van der Waals surface area contributed by atoms with E-state index in [1.165, 1.54) is 0 Å². The number of anilines is 1. The average Bonchev–Trinajstić information content (AvgIpc) is 2.37. The van der Waals surface area contributed by atoms with Crippen molar-refractivity contribution in [2.24, 2.45) is 16.5 Å². The highest BCUT2D eigenvalue weighted by Crippen LogP contribution is 2.30. The number of halogens is 2. The number of rotatable bonds is 1. The highest BCUT2D eigenvalue weighted by atomic mass is 19.1. The smallest absolute Gasteiger partial charge is 0.211 e. The van der Waals surface area contributed by atoms with Crippen LogP contribution in [0, 0.1) is 11.6 Å². The number of amidine groups is 1. The lowest BCUT2D eigenvalue weighted by molar-refractivity contribution is 0.515. The van der Waals surface area contributed by atoms with Crippen LogP contribution in [0.25, 0.3) is 0 Å². The topological polar surface area (TPSA) is 76.4 Å². The minimum Gasteiger partial charge on any atom is -0.383 e. The van der Waals surface area contributed by atoms with Crippen LogP contribution in [0.3, 0.4) is 0 Å². The summed E-state index contributed by atoms with van der Waals surface area (Å²) in [7, 11) is 0. The third-order valence-electron chi connectivity index (χ3n) is 3.13. The summed E-state index contributed by atoms with van der Waals surface area (Å²) in [5.74, 6) is -2.73. The fourth-order valence-electron chi connectivity index (χ4n) is 2.21. The molecule has 0 spiro atoms. The largest absolute Gasteiger partial charge is 0.383 e. The van der Waals surface area contributed by atoms with E-state index in [4.69, 9.17) is 11.5 Å². The van der Waals surface area contributed by atoms with E-state index < -0.39 is 17.4 Å². The molecule has 6 heteroatoms. The first-order valence-electron chi connectivity index (χ1n) is 5.96. The van der Waals surface area contributed by atoms with E-state index >= 15 is 0 Å². The maximum atomic E-state index is 13.3. The molecule has 1 aliphatic rings. The highest BCUT2D eigenvalue weighted by Gasteiger charge is 2.32. The zero-order chi connectivity index (χ0) is 14.3. The van der Waals surface area contributed by atoms with Crippen LogP contribution >= 0.6 is 0 Å². The molecule has 0 saturated carbocycles. The van der Waals surface area contributed by atoms with Gasteiger partial charge >= 0.3 is 0 Å². The molecule has 0 aromatic heterocycles. The van der Waals surface area contributed by atoms with Crippen LogP contribution in [0.1, 0.15) is 11.1 Å². The summed E-state index contributed by atoms with van der Waals surface area (Å²) in [5.41, 5.74) is 13.5. The summed E-state index contributed by atoms with van der Waals surface area (Å²) < 4.78 is 26.7. The summed E-state index contributed by atoms with van der Waals surface area (Å²) in [6.07, 6.45) is 0. The molecule has 5 N–H and O–H groups in total. The molecule has 3 rings (SSSR count). The number of nitrogens with zero attached hydrogens (tertiary/aromatic N) is 1. The van der Waals surface area contributed by atoms with Gasteiger partial charge < -0.3 is 11.1 Å². The van der Waals surface area contributed by atoms with E-state index in [2.05, 4.69) is 10.3 Å². The molecule has 20 heavy (non-hydrogen) atoms. The zero-order valence-corrected chi connectivity index (χ0v) is 10.4. The van der Waals surface area contributed by atoms with E-state index in [1.54, 1.807) is 18.2 Å². The van der Waals surface area contributed by atoms with Crippen molar-refractivity contribution >= 4 is 11.5 Å². The highest BCUT2D eigenvalue weighted by molar-refractivity contribution is 6.04. The molecule has 0 saturated heterocycles. The number of hydrogen-bond acceptors (Lipinski definition) is 4. The summed E-state index contributed by atoms with van der Waals surface area (Å²) in [5, 5.41) is 2.95. The second-order valence-corrected chi connectivity index (χ2v) is 4.59. The Morgan fingerprint density at radius 2 is 1.70 bits per heavy atom. The Labute approximate surface area is 114 Å². The third-order valence-corrected chi connectivity index (χ3v) is 3.13. The maximum Gasteiger partial charge on any atom is 0.211 e. The first-order chi connectivity index (χ1) is 9.48.